The lowest BCUT2D eigenvalue weighted by atomic mass is 9.95. The van der Waals surface area contributed by atoms with Gasteiger partial charge < -0.3 is 14.8 Å². The first kappa shape index (κ1) is 14.4. The molecule has 1 aliphatic rings. The average Bonchev–Trinajstić information content (AvgIpc) is 2.49. The summed E-state index contributed by atoms with van der Waals surface area (Å²) in [6.07, 6.45) is 5.01. The Morgan fingerprint density at radius 1 is 1.42 bits per heavy atom. The Morgan fingerprint density at radius 3 is 3.00 bits per heavy atom. The van der Waals surface area contributed by atoms with E-state index in [-0.39, 0.29) is 12.1 Å². The van der Waals surface area contributed by atoms with Crippen LogP contribution in [0.1, 0.15) is 44.2 Å². The van der Waals surface area contributed by atoms with E-state index in [2.05, 4.69) is 30.4 Å². The first-order valence-electron chi connectivity index (χ1n) is 7.34. The minimum Gasteiger partial charge on any atom is -0.497 e. The molecule has 3 heteroatoms. The molecule has 0 radical (unpaired) electrons. The Kier molecular flexibility index (Phi) is 5.67. The van der Waals surface area contributed by atoms with E-state index in [1.807, 2.05) is 6.07 Å². The van der Waals surface area contributed by atoms with Crippen molar-refractivity contribution >= 4 is 0 Å². The van der Waals surface area contributed by atoms with Gasteiger partial charge in [-0.05, 0) is 49.9 Å². The van der Waals surface area contributed by atoms with Crippen LogP contribution < -0.4 is 10.1 Å². The fraction of sp³-hybridized carbons (Fsp3) is 0.625. The topological polar surface area (TPSA) is 30.5 Å². The van der Waals surface area contributed by atoms with Crippen molar-refractivity contribution in [1.82, 2.24) is 5.32 Å². The second-order valence-corrected chi connectivity index (χ2v) is 5.11. The normalized spacial score (nSPS) is 21.1. The molecule has 1 N–H and O–H groups in total. The van der Waals surface area contributed by atoms with Crippen LogP contribution in [0.4, 0.5) is 0 Å². The van der Waals surface area contributed by atoms with E-state index in [0.717, 1.165) is 31.7 Å². The van der Waals surface area contributed by atoms with Crippen molar-refractivity contribution in [2.45, 2.75) is 44.8 Å². The van der Waals surface area contributed by atoms with Crippen LogP contribution in [0.25, 0.3) is 0 Å². The second-order valence-electron chi connectivity index (χ2n) is 5.11. The van der Waals surface area contributed by atoms with Crippen LogP contribution in [0.3, 0.4) is 0 Å². The summed E-state index contributed by atoms with van der Waals surface area (Å²) in [5.41, 5.74) is 1.26. The Morgan fingerprint density at radius 2 is 2.32 bits per heavy atom. The zero-order valence-corrected chi connectivity index (χ0v) is 12.0. The SMILES string of the molecule is CCCNC(c1cccc(OC)c1)C1CCCCO1. The van der Waals surface area contributed by atoms with Crippen molar-refractivity contribution in [3.63, 3.8) is 0 Å². The third-order valence-corrected chi connectivity index (χ3v) is 3.65. The van der Waals surface area contributed by atoms with Crippen molar-refractivity contribution in [1.29, 1.82) is 0 Å². The molecule has 0 aromatic heterocycles. The predicted molar refractivity (Wildman–Crippen MR) is 77.6 cm³/mol. The highest BCUT2D eigenvalue weighted by molar-refractivity contribution is 5.31. The first-order chi connectivity index (χ1) is 9.35. The number of nitrogens with one attached hydrogen (secondary N) is 1. The van der Waals surface area contributed by atoms with E-state index in [0.29, 0.717) is 0 Å². The quantitative estimate of drug-likeness (QED) is 0.854. The van der Waals surface area contributed by atoms with Crippen LogP contribution >= 0.6 is 0 Å². The van der Waals surface area contributed by atoms with Gasteiger partial charge in [0, 0.05) is 6.61 Å². The maximum Gasteiger partial charge on any atom is 0.119 e. The van der Waals surface area contributed by atoms with Crippen molar-refractivity contribution in [3.05, 3.63) is 29.8 Å². The largest absolute Gasteiger partial charge is 0.497 e. The average molecular weight is 263 g/mol. The van der Waals surface area contributed by atoms with Gasteiger partial charge in [-0.3, -0.25) is 0 Å². The van der Waals surface area contributed by atoms with Gasteiger partial charge in [0.15, 0.2) is 0 Å². The minimum atomic E-state index is 0.273. The molecule has 0 amide bonds. The van der Waals surface area contributed by atoms with Gasteiger partial charge in [0.05, 0.1) is 19.3 Å². The summed E-state index contributed by atoms with van der Waals surface area (Å²) in [5, 5.41) is 3.63. The zero-order chi connectivity index (χ0) is 13.5. The van der Waals surface area contributed by atoms with Gasteiger partial charge in [-0.2, -0.15) is 0 Å². The molecule has 1 heterocycles. The molecule has 1 aromatic rings. The van der Waals surface area contributed by atoms with E-state index in [1.165, 1.54) is 18.4 Å². The van der Waals surface area contributed by atoms with Gasteiger partial charge in [-0.1, -0.05) is 19.1 Å². The second kappa shape index (κ2) is 7.51. The van der Waals surface area contributed by atoms with E-state index in [9.17, 15) is 0 Å². The van der Waals surface area contributed by atoms with Crippen LogP contribution in [-0.2, 0) is 4.74 Å². The predicted octanol–water partition coefficient (Wildman–Crippen LogP) is 3.31. The molecule has 1 fully saturated rings. The maximum absolute atomic E-state index is 5.96. The molecule has 0 saturated carbocycles. The summed E-state index contributed by atoms with van der Waals surface area (Å²) in [6.45, 7) is 4.10. The monoisotopic (exact) mass is 263 g/mol. The zero-order valence-electron chi connectivity index (χ0n) is 12.0. The highest BCUT2D eigenvalue weighted by Gasteiger charge is 2.25. The fourth-order valence-corrected chi connectivity index (χ4v) is 2.63. The van der Waals surface area contributed by atoms with Gasteiger partial charge in [0.2, 0.25) is 0 Å². The van der Waals surface area contributed by atoms with Crippen molar-refractivity contribution in [2.75, 3.05) is 20.3 Å². The van der Waals surface area contributed by atoms with Crippen LogP contribution in [0.15, 0.2) is 24.3 Å². The third kappa shape index (κ3) is 3.95. The summed E-state index contributed by atoms with van der Waals surface area (Å²) < 4.78 is 11.3. The van der Waals surface area contributed by atoms with E-state index < -0.39 is 0 Å². The molecule has 1 saturated heterocycles. The van der Waals surface area contributed by atoms with Gasteiger partial charge in [0.1, 0.15) is 5.75 Å². The number of hydrogen-bond donors (Lipinski definition) is 1. The van der Waals surface area contributed by atoms with Crippen LogP contribution in [0.2, 0.25) is 0 Å². The smallest absolute Gasteiger partial charge is 0.119 e. The fourth-order valence-electron chi connectivity index (χ4n) is 2.63. The lowest BCUT2D eigenvalue weighted by Crippen LogP contribution is -2.36. The number of benzene rings is 1. The summed E-state index contributed by atoms with van der Waals surface area (Å²) in [4.78, 5) is 0. The van der Waals surface area contributed by atoms with Gasteiger partial charge in [-0.25, -0.2) is 0 Å². The molecule has 2 unspecified atom stereocenters. The summed E-state index contributed by atoms with van der Waals surface area (Å²) in [6, 6.07) is 8.59. The van der Waals surface area contributed by atoms with Crippen molar-refractivity contribution in [2.24, 2.45) is 0 Å². The molecular formula is C16H25NO2. The van der Waals surface area contributed by atoms with Crippen LogP contribution in [-0.4, -0.2) is 26.4 Å². The van der Waals surface area contributed by atoms with Gasteiger partial charge in [0.25, 0.3) is 0 Å². The molecule has 2 rings (SSSR count). The first-order valence-corrected chi connectivity index (χ1v) is 7.34. The Bertz CT molecular complexity index is 375. The Hall–Kier alpha value is -1.06. The van der Waals surface area contributed by atoms with Crippen LogP contribution in [0.5, 0.6) is 5.75 Å². The van der Waals surface area contributed by atoms with E-state index in [1.54, 1.807) is 7.11 Å². The molecule has 0 spiro atoms. The standard InChI is InChI=1S/C16H25NO2/c1-3-10-17-16(15-9-4-5-11-19-15)13-7-6-8-14(12-13)18-2/h6-8,12,15-17H,3-5,9-11H2,1-2H3. The van der Waals surface area contributed by atoms with Gasteiger partial charge in [-0.15, -0.1) is 0 Å². The third-order valence-electron chi connectivity index (χ3n) is 3.65. The lowest BCUT2D eigenvalue weighted by Gasteiger charge is -2.31. The van der Waals surface area contributed by atoms with Crippen LogP contribution in [0, 0.1) is 0 Å². The Balaban J connectivity index is 2.14. The van der Waals surface area contributed by atoms with Crippen molar-refractivity contribution < 1.29 is 9.47 Å². The Labute approximate surface area is 116 Å². The number of rotatable bonds is 6. The minimum absolute atomic E-state index is 0.273. The van der Waals surface area contributed by atoms with Gasteiger partial charge >= 0.3 is 0 Å². The summed E-state index contributed by atoms with van der Waals surface area (Å²) >= 11 is 0. The van der Waals surface area contributed by atoms with E-state index >= 15 is 0 Å². The molecule has 19 heavy (non-hydrogen) atoms. The summed E-state index contributed by atoms with van der Waals surface area (Å²) in [7, 11) is 1.71. The molecule has 1 aromatic carbocycles. The highest BCUT2D eigenvalue weighted by Crippen LogP contribution is 2.28. The number of ether oxygens (including phenoxy) is 2. The molecule has 1 aliphatic heterocycles. The van der Waals surface area contributed by atoms with E-state index in [4.69, 9.17) is 9.47 Å². The number of hydrogen-bond acceptors (Lipinski definition) is 3. The molecule has 0 aliphatic carbocycles. The molecule has 3 nitrogen and oxygen atoms in total. The molecule has 0 bridgehead atoms. The molecule has 2 atom stereocenters. The number of methoxy groups -OCH3 is 1. The molecular weight excluding hydrogens is 238 g/mol. The lowest BCUT2D eigenvalue weighted by molar-refractivity contribution is -0.00818. The highest BCUT2D eigenvalue weighted by atomic mass is 16.5. The molecule has 106 valence electrons. The summed E-state index contributed by atoms with van der Waals surface area (Å²) in [5.74, 6) is 0.914. The maximum atomic E-state index is 5.96. The van der Waals surface area contributed by atoms with Crippen molar-refractivity contribution in [3.8, 4) is 5.75 Å².